The second kappa shape index (κ2) is 10.7. The number of rotatable bonds is 7. The number of hydrogen-bond acceptors (Lipinski definition) is 4. The summed E-state index contributed by atoms with van der Waals surface area (Å²) in [6, 6.07) is 7.82. The largest absolute Gasteiger partial charge is 0.491 e. The van der Waals surface area contributed by atoms with E-state index in [-0.39, 0.29) is 28.6 Å². The van der Waals surface area contributed by atoms with E-state index in [2.05, 4.69) is 84.2 Å². The molecule has 0 saturated heterocycles. The number of aromatic nitrogens is 1. The molecule has 1 N–H and O–H groups in total. The zero-order valence-electron chi connectivity index (χ0n) is 24.1. The fourth-order valence-corrected chi connectivity index (χ4v) is 7.24. The maximum atomic E-state index is 11.7. The van der Waals surface area contributed by atoms with Crippen LogP contribution in [-0.4, -0.2) is 24.5 Å². The van der Waals surface area contributed by atoms with Crippen LogP contribution < -0.4 is 4.74 Å². The Hall–Kier alpha value is -0.963. The summed E-state index contributed by atoms with van der Waals surface area (Å²) in [5.74, 6) is 1.01. The second-order valence-electron chi connectivity index (χ2n) is 13.3. The molecule has 200 valence electrons. The standard InChI is InChI=1S/C30H46INO3Si/c1-18(2)27-25(28(33)20-12-14-21(15-13-20)34-19(3)4)26(31)24-22(32-27)16-30(8,9)17-23(24)35-36(10,11)29(5,6)7/h12-15,18-19,23,28,33H,16-17H2,1-11H3/t23-,28?/m0/s1. The molecule has 0 radical (unpaired) electrons. The van der Waals surface area contributed by atoms with Crippen molar-refractivity contribution in [3.63, 3.8) is 0 Å². The number of halogens is 1. The Labute approximate surface area is 233 Å². The molecule has 0 saturated carbocycles. The number of pyridine rings is 1. The summed E-state index contributed by atoms with van der Waals surface area (Å²) >= 11 is 2.46. The Balaban J connectivity index is 2.14. The Bertz CT molecular complexity index is 1070. The third-order valence-corrected chi connectivity index (χ3v) is 13.3. The zero-order valence-corrected chi connectivity index (χ0v) is 27.3. The summed E-state index contributed by atoms with van der Waals surface area (Å²) in [4.78, 5) is 5.26. The van der Waals surface area contributed by atoms with Gasteiger partial charge in [0, 0.05) is 20.4 Å². The fraction of sp³-hybridized carbons (Fsp3) is 0.633. The molecular weight excluding hydrogens is 577 g/mol. The molecule has 1 aromatic heterocycles. The van der Waals surface area contributed by atoms with Crippen LogP contribution in [0.3, 0.4) is 0 Å². The van der Waals surface area contributed by atoms with E-state index in [0.29, 0.717) is 0 Å². The van der Waals surface area contributed by atoms with Crippen LogP contribution in [0.4, 0.5) is 0 Å². The molecule has 0 aliphatic heterocycles. The molecule has 1 heterocycles. The molecule has 0 bridgehead atoms. The molecule has 6 heteroatoms. The molecule has 0 spiro atoms. The van der Waals surface area contributed by atoms with Gasteiger partial charge < -0.3 is 14.3 Å². The van der Waals surface area contributed by atoms with Gasteiger partial charge in [-0.15, -0.1) is 0 Å². The van der Waals surface area contributed by atoms with Crippen LogP contribution in [-0.2, 0) is 10.8 Å². The lowest BCUT2D eigenvalue weighted by atomic mass is 9.74. The highest BCUT2D eigenvalue weighted by Crippen LogP contribution is 2.50. The van der Waals surface area contributed by atoms with Crippen molar-refractivity contribution < 1.29 is 14.3 Å². The number of ether oxygens (including phenoxy) is 1. The third kappa shape index (κ3) is 6.36. The van der Waals surface area contributed by atoms with Crippen LogP contribution in [0, 0.1) is 8.99 Å². The molecular formula is C30H46INO3Si. The average molecular weight is 624 g/mol. The number of nitrogens with zero attached hydrogens (tertiary/aromatic N) is 1. The van der Waals surface area contributed by atoms with E-state index < -0.39 is 14.4 Å². The van der Waals surface area contributed by atoms with E-state index >= 15 is 0 Å². The van der Waals surface area contributed by atoms with E-state index in [1.807, 2.05) is 38.1 Å². The number of fused-ring (bicyclic) bond motifs is 1. The summed E-state index contributed by atoms with van der Waals surface area (Å²) in [7, 11) is -2.02. The predicted octanol–water partition coefficient (Wildman–Crippen LogP) is 8.71. The van der Waals surface area contributed by atoms with Gasteiger partial charge in [0.15, 0.2) is 8.32 Å². The van der Waals surface area contributed by atoms with Crippen molar-refractivity contribution in [2.24, 2.45) is 5.41 Å². The molecule has 3 rings (SSSR count). The minimum Gasteiger partial charge on any atom is -0.491 e. The van der Waals surface area contributed by atoms with E-state index in [9.17, 15) is 5.11 Å². The number of hydrogen-bond donors (Lipinski definition) is 1. The topological polar surface area (TPSA) is 51.6 Å². The second-order valence-corrected chi connectivity index (χ2v) is 19.1. The lowest BCUT2D eigenvalue weighted by Crippen LogP contribution is -2.44. The molecule has 2 atom stereocenters. The van der Waals surface area contributed by atoms with Gasteiger partial charge in [-0.05, 0) is 96.4 Å². The summed E-state index contributed by atoms with van der Waals surface area (Å²) in [6.45, 7) is 24.5. The maximum Gasteiger partial charge on any atom is 0.192 e. The molecule has 0 fully saturated rings. The van der Waals surface area contributed by atoms with E-state index in [0.717, 1.165) is 44.7 Å². The monoisotopic (exact) mass is 623 g/mol. The van der Waals surface area contributed by atoms with Crippen molar-refractivity contribution >= 4 is 30.9 Å². The minimum absolute atomic E-state index is 0.0157. The molecule has 1 aliphatic carbocycles. The van der Waals surface area contributed by atoms with Crippen molar-refractivity contribution in [3.8, 4) is 5.75 Å². The van der Waals surface area contributed by atoms with Crippen LogP contribution in [0.25, 0.3) is 0 Å². The lowest BCUT2D eigenvalue weighted by molar-refractivity contribution is 0.104. The van der Waals surface area contributed by atoms with Crippen molar-refractivity contribution in [1.29, 1.82) is 0 Å². The molecule has 1 aliphatic rings. The lowest BCUT2D eigenvalue weighted by Gasteiger charge is -2.44. The Kier molecular flexibility index (Phi) is 8.76. The van der Waals surface area contributed by atoms with E-state index in [1.54, 1.807) is 0 Å². The number of aliphatic hydroxyl groups excluding tert-OH is 1. The first kappa shape index (κ1) is 29.6. The average Bonchev–Trinajstić information content (AvgIpc) is 2.70. The first-order valence-corrected chi connectivity index (χ1v) is 17.3. The number of aliphatic hydroxyl groups is 1. The van der Waals surface area contributed by atoms with E-state index in [1.165, 1.54) is 5.56 Å². The number of benzene rings is 1. The Morgan fingerprint density at radius 2 is 1.67 bits per heavy atom. The van der Waals surface area contributed by atoms with Gasteiger partial charge in [-0.2, -0.15) is 0 Å². The molecule has 0 amide bonds. The third-order valence-electron chi connectivity index (χ3n) is 7.65. The summed E-state index contributed by atoms with van der Waals surface area (Å²) < 4.78 is 14.0. The summed E-state index contributed by atoms with van der Waals surface area (Å²) in [5, 5.41) is 11.8. The van der Waals surface area contributed by atoms with Gasteiger partial charge in [0.2, 0.25) is 0 Å². The van der Waals surface area contributed by atoms with Gasteiger partial charge in [0.25, 0.3) is 0 Å². The highest BCUT2D eigenvalue weighted by molar-refractivity contribution is 14.1. The van der Waals surface area contributed by atoms with Crippen LogP contribution in [0.5, 0.6) is 5.75 Å². The summed E-state index contributed by atoms with van der Waals surface area (Å²) in [5.41, 5.74) is 5.20. The summed E-state index contributed by atoms with van der Waals surface area (Å²) in [6.07, 6.45) is 1.22. The van der Waals surface area contributed by atoms with Gasteiger partial charge in [0.05, 0.1) is 17.9 Å². The van der Waals surface area contributed by atoms with Gasteiger partial charge in [-0.1, -0.05) is 60.6 Å². The van der Waals surface area contributed by atoms with Gasteiger partial charge >= 0.3 is 0 Å². The van der Waals surface area contributed by atoms with Crippen LogP contribution in [0.2, 0.25) is 18.1 Å². The fourth-order valence-electron chi connectivity index (χ4n) is 4.74. The molecule has 1 aromatic carbocycles. The van der Waals surface area contributed by atoms with Gasteiger partial charge in [0.1, 0.15) is 11.9 Å². The minimum atomic E-state index is -2.02. The van der Waals surface area contributed by atoms with Gasteiger partial charge in [-0.25, -0.2) is 0 Å². The van der Waals surface area contributed by atoms with E-state index in [4.69, 9.17) is 14.1 Å². The van der Waals surface area contributed by atoms with Crippen molar-refractivity contribution in [2.75, 3.05) is 0 Å². The van der Waals surface area contributed by atoms with Crippen LogP contribution >= 0.6 is 22.6 Å². The Morgan fingerprint density at radius 1 is 1.08 bits per heavy atom. The van der Waals surface area contributed by atoms with Crippen molar-refractivity contribution in [3.05, 3.63) is 55.9 Å². The molecule has 2 aromatic rings. The Morgan fingerprint density at radius 3 is 2.17 bits per heavy atom. The SMILES string of the molecule is CC(C)Oc1ccc(C(O)c2c(C(C)C)nc3c(c2I)[C@@H](O[Si](C)(C)C(C)(C)C)CC(C)(C)C3)cc1. The quantitative estimate of drug-likeness (QED) is 0.248. The molecule has 4 nitrogen and oxygen atoms in total. The van der Waals surface area contributed by atoms with Crippen LogP contribution in [0.15, 0.2) is 24.3 Å². The first-order chi connectivity index (χ1) is 16.4. The highest BCUT2D eigenvalue weighted by atomic mass is 127. The zero-order chi connectivity index (χ0) is 27.2. The normalized spacial score (nSPS) is 18.9. The van der Waals surface area contributed by atoms with Crippen molar-refractivity contribution in [1.82, 2.24) is 4.98 Å². The molecule has 36 heavy (non-hydrogen) atoms. The van der Waals surface area contributed by atoms with Crippen molar-refractivity contribution in [2.45, 2.75) is 118 Å². The smallest absolute Gasteiger partial charge is 0.192 e. The first-order valence-electron chi connectivity index (χ1n) is 13.3. The predicted molar refractivity (Wildman–Crippen MR) is 160 cm³/mol. The molecule has 1 unspecified atom stereocenters. The maximum absolute atomic E-state index is 11.7. The van der Waals surface area contributed by atoms with Crippen LogP contribution in [0.1, 0.15) is 115 Å². The highest BCUT2D eigenvalue weighted by Gasteiger charge is 2.44. The van der Waals surface area contributed by atoms with Gasteiger partial charge in [-0.3, -0.25) is 4.98 Å².